The van der Waals surface area contributed by atoms with Crippen molar-refractivity contribution in [2.45, 2.75) is 39.9 Å². The van der Waals surface area contributed by atoms with Crippen molar-refractivity contribution in [3.63, 3.8) is 0 Å². The number of Topliss-reactive ketones (excluding diaryl/α,β-unsaturated/α-hetero) is 2. The fraction of sp³-hybridized carbons (Fsp3) is 0.600. The first-order valence-corrected chi connectivity index (χ1v) is 6.80. The largest absolute Gasteiger partial charge is 0.361 e. The minimum Gasteiger partial charge on any atom is -0.361 e. The average molecular weight is 302 g/mol. The number of hydrogen-bond donors (Lipinski definition) is 0. The molecule has 0 heterocycles. The van der Waals surface area contributed by atoms with Crippen molar-refractivity contribution in [1.82, 2.24) is 0 Å². The highest BCUT2D eigenvalue weighted by Gasteiger charge is 2.28. The molecule has 0 aliphatic heterocycles. The third kappa shape index (κ3) is 5.48. The summed E-state index contributed by atoms with van der Waals surface area (Å²) in [5, 5.41) is 0. The Morgan fingerprint density at radius 1 is 0.950 bits per heavy atom. The van der Waals surface area contributed by atoms with E-state index in [1.54, 1.807) is 0 Å². The van der Waals surface area contributed by atoms with Crippen LogP contribution in [0.2, 0.25) is 0 Å². The van der Waals surface area contributed by atoms with E-state index in [1.807, 2.05) is 0 Å². The molecule has 110 valence electrons. The van der Waals surface area contributed by atoms with E-state index >= 15 is 0 Å². The summed E-state index contributed by atoms with van der Waals surface area (Å²) in [4.78, 5) is 28.3. The summed E-state index contributed by atoms with van der Waals surface area (Å²) in [5.74, 6) is -1.33. The van der Waals surface area contributed by atoms with Crippen molar-refractivity contribution in [1.29, 1.82) is 0 Å². The molecular weight excluding hydrogens is 287 g/mol. The minimum absolute atomic E-state index is 0.209. The molecule has 20 heavy (non-hydrogen) atoms. The van der Waals surface area contributed by atoms with Gasteiger partial charge in [0.05, 0.1) is 0 Å². The Bertz CT molecular complexity index is 488. The number of rotatable bonds is 8. The second-order valence-electron chi connectivity index (χ2n) is 3.87. The lowest BCUT2D eigenvalue weighted by atomic mass is 10.2. The zero-order valence-corrected chi connectivity index (χ0v) is 12.5. The van der Waals surface area contributed by atoms with Crippen molar-refractivity contribution in [2.75, 3.05) is 0 Å². The number of nitrogens with zero attached hydrogens (tertiary/aromatic N) is 4. The second kappa shape index (κ2) is 8.43. The molecule has 0 spiro atoms. The number of ketones is 2. The van der Waals surface area contributed by atoms with Crippen LogP contribution in [0.4, 0.5) is 0 Å². The van der Waals surface area contributed by atoms with Gasteiger partial charge in [-0.1, -0.05) is 0 Å². The van der Waals surface area contributed by atoms with Crippen molar-refractivity contribution in [3.05, 3.63) is 11.1 Å². The van der Waals surface area contributed by atoms with Crippen LogP contribution in [0.15, 0.2) is 0 Å². The quantitative estimate of drug-likeness (QED) is 0.280. The molecule has 0 fully saturated rings. The van der Waals surface area contributed by atoms with Gasteiger partial charge in [-0.2, -0.15) is 9.58 Å². The van der Waals surface area contributed by atoms with Crippen LogP contribution < -0.4 is 0 Å². The summed E-state index contributed by atoms with van der Waals surface area (Å²) in [6.45, 7) is 5.12. The van der Waals surface area contributed by atoms with Crippen LogP contribution in [0, 0.1) is 0 Å². The van der Waals surface area contributed by atoms with Gasteiger partial charge in [-0.25, -0.2) is 0 Å². The van der Waals surface area contributed by atoms with Crippen LogP contribution in [-0.2, 0) is 23.2 Å². The SMILES string of the molecule is CC(=[N+]=[N-])C(=O)C(C)O[PH](=O)OC(C)C(=O)C(C)=[N+]=[N-]. The van der Waals surface area contributed by atoms with Crippen molar-refractivity contribution in [3.8, 4) is 0 Å². The molecule has 0 amide bonds. The van der Waals surface area contributed by atoms with E-state index in [2.05, 4.69) is 9.58 Å². The zero-order chi connectivity index (χ0) is 15.9. The molecule has 0 aliphatic rings. The first kappa shape index (κ1) is 18.2. The van der Waals surface area contributed by atoms with Gasteiger partial charge in [-0.3, -0.25) is 23.2 Å². The normalized spacial score (nSPS) is 14.4. The Labute approximate surface area is 116 Å². The Kier molecular flexibility index (Phi) is 7.69. The van der Waals surface area contributed by atoms with Crippen molar-refractivity contribution >= 4 is 31.2 Å². The van der Waals surface area contributed by atoms with Crippen LogP contribution in [0.25, 0.3) is 11.1 Å². The number of hydrogen-bond acceptors (Lipinski definition) is 5. The maximum Gasteiger partial charge on any atom is 0.334 e. The molecule has 0 saturated heterocycles. The molecule has 0 bridgehead atoms. The van der Waals surface area contributed by atoms with Crippen LogP contribution in [-0.4, -0.2) is 44.8 Å². The number of carbonyl (C=O) groups is 2. The van der Waals surface area contributed by atoms with Gasteiger partial charge in [-0.05, 0) is 13.8 Å². The lowest BCUT2D eigenvalue weighted by Gasteiger charge is -2.12. The first-order chi connectivity index (χ1) is 9.24. The highest BCUT2D eigenvalue weighted by atomic mass is 31.1. The summed E-state index contributed by atoms with van der Waals surface area (Å²) >= 11 is 0. The highest BCUT2D eigenvalue weighted by molar-refractivity contribution is 7.33. The Hall–Kier alpha value is -1.75. The van der Waals surface area contributed by atoms with Gasteiger partial charge in [0.2, 0.25) is 0 Å². The minimum atomic E-state index is -3.12. The monoisotopic (exact) mass is 302 g/mol. The summed E-state index contributed by atoms with van der Waals surface area (Å²) in [6, 6.07) is 0. The van der Waals surface area contributed by atoms with Gasteiger partial charge in [0, 0.05) is 13.8 Å². The zero-order valence-electron chi connectivity index (χ0n) is 11.5. The van der Waals surface area contributed by atoms with E-state index in [1.165, 1.54) is 27.7 Å². The third-order valence-corrected chi connectivity index (χ3v) is 3.39. The lowest BCUT2D eigenvalue weighted by Crippen LogP contribution is -2.28. The maximum atomic E-state index is 11.5. The van der Waals surface area contributed by atoms with E-state index in [0.29, 0.717) is 0 Å². The molecular formula is C10H15N4O5P. The van der Waals surface area contributed by atoms with Gasteiger partial charge in [0.15, 0.2) is 0 Å². The highest BCUT2D eigenvalue weighted by Crippen LogP contribution is 2.28. The van der Waals surface area contributed by atoms with E-state index in [0.717, 1.165) is 0 Å². The second-order valence-corrected chi connectivity index (χ2v) is 4.84. The predicted octanol–water partition coefficient (Wildman–Crippen LogP) is 0.706. The van der Waals surface area contributed by atoms with Gasteiger partial charge in [-0.15, -0.1) is 0 Å². The Morgan fingerprint density at radius 2 is 1.25 bits per heavy atom. The summed E-state index contributed by atoms with van der Waals surface area (Å²) in [5.41, 5.74) is 16.4. The van der Waals surface area contributed by atoms with E-state index in [4.69, 9.17) is 20.1 Å². The fourth-order valence-electron chi connectivity index (χ4n) is 1.11. The van der Waals surface area contributed by atoms with Crippen molar-refractivity contribution < 1.29 is 32.8 Å². The predicted molar refractivity (Wildman–Crippen MR) is 68.7 cm³/mol. The van der Waals surface area contributed by atoms with Crippen LogP contribution in [0.3, 0.4) is 0 Å². The van der Waals surface area contributed by atoms with Crippen LogP contribution >= 0.6 is 8.25 Å². The Balaban J connectivity index is 4.58. The molecule has 10 heteroatoms. The molecule has 0 aromatic carbocycles. The third-order valence-electron chi connectivity index (χ3n) is 2.30. The molecule has 0 radical (unpaired) electrons. The van der Waals surface area contributed by atoms with Crippen LogP contribution in [0.5, 0.6) is 0 Å². The molecule has 0 aliphatic carbocycles. The summed E-state index contributed by atoms with van der Waals surface area (Å²) < 4.78 is 21.1. The van der Waals surface area contributed by atoms with Gasteiger partial charge in [0.25, 0.3) is 11.6 Å². The fourth-order valence-corrected chi connectivity index (χ4v) is 1.96. The maximum absolute atomic E-state index is 11.5. The van der Waals surface area contributed by atoms with Gasteiger partial charge < -0.3 is 11.1 Å². The first-order valence-electron chi connectivity index (χ1n) is 5.57. The van der Waals surface area contributed by atoms with E-state index < -0.39 is 32.0 Å². The molecule has 2 unspecified atom stereocenters. The molecule has 9 nitrogen and oxygen atoms in total. The van der Waals surface area contributed by atoms with Gasteiger partial charge >= 0.3 is 19.7 Å². The molecule has 2 atom stereocenters. The molecule has 0 rings (SSSR count). The topological polar surface area (TPSA) is 142 Å². The summed E-state index contributed by atoms with van der Waals surface area (Å²) in [7, 11) is -3.12. The van der Waals surface area contributed by atoms with E-state index in [9.17, 15) is 14.2 Å². The van der Waals surface area contributed by atoms with Crippen LogP contribution in [0.1, 0.15) is 27.7 Å². The molecule has 0 aromatic rings. The summed E-state index contributed by atoms with van der Waals surface area (Å²) in [6.07, 6.45) is -2.29. The van der Waals surface area contributed by atoms with E-state index in [-0.39, 0.29) is 11.4 Å². The molecule has 0 N–H and O–H groups in total. The molecule has 0 aromatic heterocycles. The standard InChI is InChI=1S/C10H15N4O5P/c1-5(13-11)9(15)7(3)18-20(17)19-8(4)10(16)6(2)14-12/h7-8,20H,1-4H3. The average Bonchev–Trinajstić information content (AvgIpc) is 2.43. The Morgan fingerprint density at radius 3 is 1.50 bits per heavy atom. The van der Waals surface area contributed by atoms with Crippen molar-refractivity contribution in [2.24, 2.45) is 0 Å². The molecule has 0 saturated carbocycles. The van der Waals surface area contributed by atoms with Gasteiger partial charge in [0.1, 0.15) is 12.2 Å². The smallest absolute Gasteiger partial charge is 0.334 e. The lowest BCUT2D eigenvalue weighted by molar-refractivity contribution is -0.124. The number of carbonyl (C=O) groups excluding carboxylic acids is 2.